The number of carbonyl (C=O) groups is 3. The largest absolute Gasteiger partial charge is 0.383 e. The van der Waals surface area contributed by atoms with Gasteiger partial charge in [0, 0.05) is 20.0 Å². The van der Waals surface area contributed by atoms with Gasteiger partial charge < -0.3 is 19.6 Å². The van der Waals surface area contributed by atoms with Crippen molar-refractivity contribution in [2.75, 3.05) is 13.7 Å². The van der Waals surface area contributed by atoms with E-state index in [2.05, 4.69) is 5.32 Å². The molecule has 0 saturated carbocycles. The molecule has 0 aromatic carbocycles. The second kappa shape index (κ2) is 5.02. The second-order valence-electron chi connectivity index (χ2n) is 3.85. The maximum Gasteiger partial charge on any atom is 0.227 e. The van der Waals surface area contributed by atoms with Crippen LogP contribution in [0.2, 0.25) is 0 Å². The molecule has 1 atom stereocenters. The number of nitrogens with one attached hydrogen (secondary N) is 1. The first-order chi connectivity index (χ1) is 7.18. The number of hydrogen-bond acceptors (Lipinski definition) is 4. The molecule has 0 radical (unpaired) electrons. The molecule has 5 nitrogen and oxygen atoms in total. The first-order valence-electron chi connectivity index (χ1n) is 4.85. The van der Waals surface area contributed by atoms with E-state index in [1.54, 1.807) is 7.11 Å². The van der Waals surface area contributed by atoms with Gasteiger partial charge in [-0.15, -0.1) is 0 Å². The van der Waals surface area contributed by atoms with Gasteiger partial charge in [0.15, 0.2) is 0 Å². The molecule has 1 heterocycles. The van der Waals surface area contributed by atoms with Gasteiger partial charge in [-0.3, -0.25) is 4.79 Å². The molecule has 0 bridgehead atoms. The summed E-state index contributed by atoms with van der Waals surface area (Å²) in [5.41, 5.74) is -0.841. The van der Waals surface area contributed by atoms with E-state index in [4.69, 9.17) is 4.74 Å². The predicted octanol–water partition coefficient (Wildman–Crippen LogP) is -0.314. The fourth-order valence-corrected chi connectivity index (χ4v) is 2.01. The van der Waals surface area contributed by atoms with E-state index in [0.29, 0.717) is 25.6 Å². The Kier molecular flexibility index (Phi) is 3.96. The van der Waals surface area contributed by atoms with Crippen molar-refractivity contribution in [2.45, 2.75) is 25.3 Å². The van der Waals surface area contributed by atoms with E-state index in [9.17, 15) is 14.4 Å². The standard InChI is InChI=1S/C10H15NO4/c1-15-7-8-6-10(2-4-12,3-5-13)9(14)11-8/h4-5,8H,2-3,6-7H2,1H3,(H,11,14). The molecule has 84 valence electrons. The van der Waals surface area contributed by atoms with Crippen LogP contribution in [0.1, 0.15) is 19.3 Å². The van der Waals surface area contributed by atoms with Crippen molar-refractivity contribution < 1.29 is 19.1 Å². The van der Waals surface area contributed by atoms with E-state index in [1.165, 1.54) is 0 Å². The summed E-state index contributed by atoms with van der Waals surface area (Å²) in [7, 11) is 1.55. The summed E-state index contributed by atoms with van der Waals surface area (Å²) in [5, 5.41) is 2.73. The molecule has 0 aromatic rings. The average Bonchev–Trinajstić information content (AvgIpc) is 2.45. The number of rotatable bonds is 6. The highest BCUT2D eigenvalue weighted by molar-refractivity contribution is 5.89. The quantitative estimate of drug-likeness (QED) is 0.614. The molecule has 1 aliphatic heterocycles. The molecule has 1 N–H and O–H groups in total. The van der Waals surface area contributed by atoms with Crippen LogP contribution in [0, 0.1) is 5.41 Å². The van der Waals surface area contributed by atoms with Crippen molar-refractivity contribution in [3.63, 3.8) is 0 Å². The molecule has 1 unspecified atom stereocenters. The summed E-state index contributed by atoms with van der Waals surface area (Å²) in [4.78, 5) is 32.7. The monoisotopic (exact) mass is 213 g/mol. The van der Waals surface area contributed by atoms with E-state index in [1.807, 2.05) is 0 Å². The van der Waals surface area contributed by atoms with Gasteiger partial charge in [0.05, 0.1) is 18.1 Å². The first-order valence-corrected chi connectivity index (χ1v) is 4.85. The van der Waals surface area contributed by atoms with Crippen molar-refractivity contribution in [1.82, 2.24) is 5.32 Å². The highest BCUT2D eigenvalue weighted by atomic mass is 16.5. The van der Waals surface area contributed by atoms with Crippen LogP contribution in [0.15, 0.2) is 0 Å². The molecule has 1 rings (SSSR count). The number of amides is 1. The predicted molar refractivity (Wildman–Crippen MR) is 52.2 cm³/mol. The van der Waals surface area contributed by atoms with Gasteiger partial charge in [0.2, 0.25) is 5.91 Å². The Morgan fingerprint density at radius 2 is 2.07 bits per heavy atom. The molecular weight excluding hydrogens is 198 g/mol. The smallest absolute Gasteiger partial charge is 0.227 e. The third-order valence-corrected chi connectivity index (χ3v) is 2.77. The molecule has 0 spiro atoms. The van der Waals surface area contributed by atoms with Gasteiger partial charge in [-0.1, -0.05) is 0 Å². The van der Waals surface area contributed by atoms with Crippen molar-refractivity contribution in [2.24, 2.45) is 5.41 Å². The van der Waals surface area contributed by atoms with Crippen LogP contribution < -0.4 is 5.32 Å². The first kappa shape index (κ1) is 11.8. The molecule has 0 aliphatic carbocycles. The zero-order valence-electron chi connectivity index (χ0n) is 8.69. The molecule has 1 saturated heterocycles. The Bertz CT molecular complexity index is 254. The van der Waals surface area contributed by atoms with Gasteiger partial charge in [0.25, 0.3) is 0 Å². The van der Waals surface area contributed by atoms with Crippen molar-refractivity contribution in [3.8, 4) is 0 Å². The molecule has 0 aromatic heterocycles. The van der Waals surface area contributed by atoms with Crippen molar-refractivity contribution in [3.05, 3.63) is 0 Å². The Balaban J connectivity index is 2.75. The second-order valence-corrected chi connectivity index (χ2v) is 3.85. The molecule has 15 heavy (non-hydrogen) atoms. The Hall–Kier alpha value is -1.23. The van der Waals surface area contributed by atoms with Crippen LogP contribution in [-0.4, -0.2) is 38.2 Å². The lowest BCUT2D eigenvalue weighted by Crippen LogP contribution is -2.33. The molecular formula is C10H15NO4. The van der Waals surface area contributed by atoms with Crippen molar-refractivity contribution >= 4 is 18.5 Å². The maximum atomic E-state index is 11.7. The summed E-state index contributed by atoms with van der Waals surface area (Å²) in [6.07, 6.45) is 2.06. The fourth-order valence-electron chi connectivity index (χ4n) is 2.01. The Morgan fingerprint density at radius 3 is 2.53 bits per heavy atom. The van der Waals surface area contributed by atoms with Crippen LogP contribution in [0.3, 0.4) is 0 Å². The molecule has 1 amide bonds. The zero-order valence-corrected chi connectivity index (χ0v) is 8.69. The minimum absolute atomic E-state index is 0.0950. The van der Waals surface area contributed by atoms with Gasteiger partial charge >= 0.3 is 0 Å². The fraction of sp³-hybridized carbons (Fsp3) is 0.700. The average molecular weight is 213 g/mol. The molecule has 1 fully saturated rings. The van der Waals surface area contributed by atoms with Crippen LogP contribution in [0.25, 0.3) is 0 Å². The van der Waals surface area contributed by atoms with Crippen molar-refractivity contribution in [1.29, 1.82) is 0 Å². The van der Waals surface area contributed by atoms with E-state index in [0.717, 1.165) is 0 Å². The topological polar surface area (TPSA) is 72.5 Å². The third kappa shape index (κ3) is 2.41. The molecule has 5 heteroatoms. The van der Waals surface area contributed by atoms with Gasteiger partial charge in [-0.2, -0.15) is 0 Å². The number of methoxy groups -OCH3 is 1. The minimum Gasteiger partial charge on any atom is -0.383 e. The van der Waals surface area contributed by atoms with Crippen LogP contribution in [0.4, 0.5) is 0 Å². The summed E-state index contributed by atoms with van der Waals surface area (Å²) >= 11 is 0. The summed E-state index contributed by atoms with van der Waals surface area (Å²) < 4.78 is 4.93. The van der Waals surface area contributed by atoms with Gasteiger partial charge in [-0.05, 0) is 6.42 Å². The lowest BCUT2D eigenvalue weighted by atomic mass is 9.79. The lowest BCUT2D eigenvalue weighted by Gasteiger charge is -2.20. The maximum absolute atomic E-state index is 11.7. The van der Waals surface area contributed by atoms with Gasteiger partial charge in [0.1, 0.15) is 12.6 Å². The number of ether oxygens (including phenoxy) is 1. The van der Waals surface area contributed by atoms with Crippen LogP contribution in [0.5, 0.6) is 0 Å². The number of hydrogen-bond donors (Lipinski definition) is 1. The van der Waals surface area contributed by atoms with Crippen LogP contribution in [-0.2, 0) is 19.1 Å². The Morgan fingerprint density at radius 1 is 1.47 bits per heavy atom. The highest BCUT2D eigenvalue weighted by Crippen LogP contribution is 2.35. The van der Waals surface area contributed by atoms with E-state index in [-0.39, 0.29) is 24.8 Å². The Labute approximate surface area is 88.2 Å². The number of carbonyl (C=O) groups excluding carboxylic acids is 3. The summed E-state index contributed by atoms with van der Waals surface area (Å²) in [5.74, 6) is -0.219. The number of aldehydes is 2. The summed E-state index contributed by atoms with van der Waals surface area (Å²) in [6.45, 7) is 0.408. The lowest BCUT2D eigenvalue weighted by molar-refractivity contribution is -0.132. The van der Waals surface area contributed by atoms with Gasteiger partial charge in [-0.25, -0.2) is 0 Å². The normalized spacial score (nSPS) is 23.5. The third-order valence-electron chi connectivity index (χ3n) is 2.77. The van der Waals surface area contributed by atoms with Crippen LogP contribution >= 0.6 is 0 Å². The minimum atomic E-state index is -0.841. The van der Waals surface area contributed by atoms with E-state index >= 15 is 0 Å². The summed E-state index contributed by atoms with van der Waals surface area (Å²) in [6, 6.07) is -0.0950. The highest BCUT2D eigenvalue weighted by Gasteiger charge is 2.45. The zero-order chi connectivity index (χ0) is 11.3. The van der Waals surface area contributed by atoms with E-state index < -0.39 is 5.41 Å². The SMILES string of the molecule is COCC1CC(CC=O)(CC=O)C(=O)N1. The molecule has 1 aliphatic rings.